The molecule has 2 fully saturated rings. The molecule has 19 heavy (non-hydrogen) atoms. The van der Waals surface area contributed by atoms with E-state index in [4.69, 9.17) is 9.73 Å². The molecular weight excluding hydrogens is 344 g/mol. The van der Waals surface area contributed by atoms with Crippen molar-refractivity contribution in [3.63, 3.8) is 0 Å². The fraction of sp³-hybridized carbons (Fsp3) is 0.615. The Bertz CT molecular complexity index is 469. The molecule has 104 valence electrons. The summed E-state index contributed by atoms with van der Waals surface area (Å²) in [5, 5.41) is 4.75. The summed E-state index contributed by atoms with van der Waals surface area (Å²) in [6.45, 7) is 2.63. The predicted molar refractivity (Wildman–Crippen MR) is 86.4 cm³/mol. The molecular formula is C13H17BrN2OS2. The fourth-order valence-electron chi connectivity index (χ4n) is 2.38. The normalized spacial score (nSPS) is 23.9. The van der Waals surface area contributed by atoms with Crippen LogP contribution >= 0.6 is 39.0 Å². The molecule has 0 aliphatic carbocycles. The van der Waals surface area contributed by atoms with E-state index in [9.17, 15) is 0 Å². The first-order valence-electron chi connectivity index (χ1n) is 6.53. The van der Waals surface area contributed by atoms with Gasteiger partial charge >= 0.3 is 0 Å². The average Bonchev–Trinajstić information content (AvgIpc) is 2.99. The van der Waals surface area contributed by atoms with Gasteiger partial charge in [-0.1, -0.05) is 11.8 Å². The Morgan fingerprint density at radius 3 is 2.95 bits per heavy atom. The number of amidine groups is 1. The summed E-state index contributed by atoms with van der Waals surface area (Å²) in [5.41, 5.74) is 0.258. The lowest BCUT2D eigenvalue weighted by Gasteiger charge is -2.32. The largest absolute Gasteiger partial charge is 0.381 e. The van der Waals surface area contributed by atoms with E-state index in [0.717, 1.165) is 49.9 Å². The third kappa shape index (κ3) is 3.54. The molecule has 1 aromatic rings. The summed E-state index contributed by atoms with van der Waals surface area (Å²) in [6.07, 6.45) is 3.24. The summed E-state index contributed by atoms with van der Waals surface area (Å²) >= 11 is 7.15. The van der Waals surface area contributed by atoms with E-state index in [1.165, 1.54) is 8.66 Å². The van der Waals surface area contributed by atoms with Crippen molar-refractivity contribution in [2.24, 2.45) is 4.99 Å². The summed E-state index contributed by atoms with van der Waals surface area (Å²) in [6, 6.07) is 4.27. The third-order valence-electron chi connectivity index (χ3n) is 3.55. The molecule has 3 nitrogen and oxygen atoms in total. The van der Waals surface area contributed by atoms with Gasteiger partial charge in [0.1, 0.15) is 0 Å². The zero-order chi connectivity index (χ0) is 13.1. The van der Waals surface area contributed by atoms with Crippen LogP contribution in [-0.4, -0.2) is 36.2 Å². The van der Waals surface area contributed by atoms with Crippen LogP contribution < -0.4 is 5.32 Å². The van der Waals surface area contributed by atoms with Gasteiger partial charge in [0.15, 0.2) is 5.17 Å². The number of nitrogens with one attached hydrogen (secondary N) is 1. The number of ether oxygens (including phenoxy) is 1. The number of hydrogen-bond donors (Lipinski definition) is 1. The third-order valence-corrected chi connectivity index (χ3v) is 6.43. The standard InChI is InChI=1S/C13H17BrN2OS2/c14-11-2-1-10(19-11)3-6-15-12-16-13(9-18-12)4-7-17-8-5-13/h1-2H,3-9H2,(H,15,16). The summed E-state index contributed by atoms with van der Waals surface area (Å²) in [7, 11) is 0. The van der Waals surface area contributed by atoms with Crippen LogP contribution in [-0.2, 0) is 11.2 Å². The quantitative estimate of drug-likeness (QED) is 0.897. The van der Waals surface area contributed by atoms with E-state index in [0.29, 0.717) is 0 Å². The van der Waals surface area contributed by atoms with E-state index >= 15 is 0 Å². The molecule has 0 atom stereocenters. The number of aliphatic imine (C=N–C) groups is 1. The molecule has 3 heterocycles. The topological polar surface area (TPSA) is 33.6 Å². The van der Waals surface area contributed by atoms with Crippen molar-refractivity contribution < 1.29 is 4.74 Å². The van der Waals surface area contributed by atoms with Gasteiger partial charge in [-0.05, 0) is 40.9 Å². The maximum absolute atomic E-state index is 5.44. The fourth-order valence-corrected chi connectivity index (χ4v) is 5.09. The van der Waals surface area contributed by atoms with E-state index in [1.54, 1.807) is 11.3 Å². The monoisotopic (exact) mass is 360 g/mol. The molecule has 6 heteroatoms. The minimum absolute atomic E-state index is 0.258. The first-order valence-corrected chi connectivity index (χ1v) is 9.13. The van der Waals surface area contributed by atoms with Gasteiger partial charge in [-0.3, -0.25) is 4.99 Å². The van der Waals surface area contributed by atoms with Crippen LogP contribution in [0, 0.1) is 0 Å². The van der Waals surface area contributed by atoms with Gasteiger partial charge in [0, 0.05) is 36.8 Å². The predicted octanol–water partition coefficient (Wildman–Crippen LogP) is 3.29. The first kappa shape index (κ1) is 13.9. The zero-order valence-electron chi connectivity index (χ0n) is 10.7. The molecule has 3 rings (SSSR count). The Hall–Kier alpha value is -0.0400. The SMILES string of the molecule is Brc1ccc(CCN=C2NC3(CCOCC3)CS2)s1. The highest BCUT2D eigenvalue weighted by atomic mass is 79.9. The van der Waals surface area contributed by atoms with Crippen LogP contribution in [0.5, 0.6) is 0 Å². The molecule has 1 aromatic heterocycles. The van der Waals surface area contributed by atoms with Crippen LogP contribution in [0.3, 0.4) is 0 Å². The minimum atomic E-state index is 0.258. The Balaban J connectivity index is 1.51. The van der Waals surface area contributed by atoms with Crippen molar-refractivity contribution in [1.82, 2.24) is 5.32 Å². The molecule has 0 unspecified atom stereocenters. The summed E-state index contributed by atoms with van der Waals surface area (Å²) < 4.78 is 6.64. The molecule has 1 N–H and O–H groups in total. The van der Waals surface area contributed by atoms with Crippen LogP contribution in [0.4, 0.5) is 0 Å². The van der Waals surface area contributed by atoms with Gasteiger partial charge in [-0.2, -0.15) is 0 Å². The van der Waals surface area contributed by atoms with E-state index in [-0.39, 0.29) is 5.54 Å². The van der Waals surface area contributed by atoms with Crippen molar-refractivity contribution in [2.75, 3.05) is 25.5 Å². The van der Waals surface area contributed by atoms with Crippen molar-refractivity contribution in [2.45, 2.75) is 24.8 Å². The van der Waals surface area contributed by atoms with Gasteiger partial charge < -0.3 is 10.1 Å². The zero-order valence-corrected chi connectivity index (χ0v) is 13.9. The average molecular weight is 361 g/mol. The molecule has 0 aromatic carbocycles. The van der Waals surface area contributed by atoms with Crippen molar-refractivity contribution >= 4 is 44.2 Å². The Labute approximate surface area is 130 Å². The van der Waals surface area contributed by atoms with E-state index in [1.807, 2.05) is 11.8 Å². The molecule has 2 saturated heterocycles. The van der Waals surface area contributed by atoms with E-state index < -0.39 is 0 Å². The van der Waals surface area contributed by atoms with Crippen LogP contribution in [0.1, 0.15) is 17.7 Å². The number of thioether (sulfide) groups is 1. The maximum atomic E-state index is 5.44. The van der Waals surface area contributed by atoms with Gasteiger partial charge in [-0.15, -0.1) is 11.3 Å². The Kier molecular flexibility index (Phi) is 4.51. The summed E-state index contributed by atoms with van der Waals surface area (Å²) in [5.74, 6) is 1.14. The lowest BCUT2D eigenvalue weighted by Crippen LogP contribution is -2.48. The number of rotatable bonds is 3. The lowest BCUT2D eigenvalue weighted by atomic mass is 9.93. The second-order valence-electron chi connectivity index (χ2n) is 4.95. The number of hydrogen-bond acceptors (Lipinski definition) is 4. The van der Waals surface area contributed by atoms with Gasteiger partial charge in [0.25, 0.3) is 0 Å². The number of halogens is 1. The van der Waals surface area contributed by atoms with Crippen LogP contribution in [0.2, 0.25) is 0 Å². The highest BCUT2D eigenvalue weighted by molar-refractivity contribution is 9.11. The van der Waals surface area contributed by atoms with Gasteiger partial charge in [-0.25, -0.2) is 0 Å². The highest BCUT2D eigenvalue weighted by Gasteiger charge is 2.38. The van der Waals surface area contributed by atoms with Gasteiger partial charge in [0.2, 0.25) is 0 Å². The van der Waals surface area contributed by atoms with Gasteiger partial charge in [0.05, 0.1) is 9.33 Å². The smallest absolute Gasteiger partial charge is 0.157 e. The van der Waals surface area contributed by atoms with E-state index in [2.05, 4.69) is 33.4 Å². The lowest BCUT2D eigenvalue weighted by molar-refractivity contribution is 0.0555. The van der Waals surface area contributed by atoms with Crippen molar-refractivity contribution in [3.05, 3.63) is 20.8 Å². The molecule has 2 aliphatic rings. The maximum Gasteiger partial charge on any atom is 0.157 e. The second kappa shape index (κ2) is 6.16. The molecule has 2 aliphatic heterocycles. The Morgan fingerprint density at radius 1 is 1.37 bits per heavy atom. The number of nitrogens with zero attached hydrogens (tertiary/aromatic N) is 1. The number of thiophene rings is 1. The van der Waals surface area contributed by atoms with Crippen LogP contribution in [0.15, 0.2) is 20.9 Å². The molecule has 0 bridgehead atoms. The molecule has 0 saturated carbocycles. The Morgan fingerprint density at radius 2 is 2.21 bits per heavy atom. The minimum Gasteiger partial charge on any atom is -0.381 e. The first-order chi connectivity index (χ1) is 9.26. The second-order valence-corrected chi connectivity index (χ2v) is 8.46. The highest BCUT2D eigenvalue weighted by Crippen LogP contribution is 2.31. The van der Waals surface area contributed by atoms with Crippen molar-refractivity contribution in [3.8, 4) is 0 Å². The molecule has 1 spiro atoms. The van der Waals surface area contributed by atoms with Crippen LogP contribution in [0.25, 0.3) is 0 Å². The molecule has 0 radical (unpaired) electrons. The van der Waals surface area contributed by atoms with Crippen molar-refractivity contribution in [1.29, 1.82) is 0 Å². The summed E-state index contributed by atoms with van der Waals surface area (Å²) in [4.78, 5) is 6.09. The molecule has 0 amide bonds.